The lowest BCUT2D eigenvalue weighted by atomic mass is 9.98. The molecule has 2 heterocycles. The number of carbonyl (C=O) groups is 1. The third-order valence-electron chi connectivity index (χ3n) is 4.51. The maximum atomic E-state index is 12.1. The predicted octanol–water partition coefficient (Wildman–Crippen LogP) is 2.80. The molecule has 6 heteroatoms. The Morgan fingerprint density at radius 1 is 1.40 bits per heavy atom. The summed E-state index contributed by atoms with van der Waals surface area (Å²) in [6.07, 6.45) is 4.99. The van der Waals surface area contributed by atoms with Crippen molar-refractivity contribution >= 4 is 5.91 Å². The van der Waals surface area contributed by atoms with Crippen LogP contribution in [-0.2, 0) is 19.4 Å². The Bertz CT molecular complexity index is 895. The SMILES string of the molecule is CCc1c(-c2cccc(O)c2)c(C(N)=O)c(C)n1CCc1cnc[nH]1. The van der Waals surface area contributed by atoms with Crippen LogP contribution in [0.25, 0.3) is 11.1 Å². The molecule has 2 aromatic heterocycles. The van der Waals surface area contributed by atoms with Gasteiger partial charge in [0.2, 0.25) is 0 Å². The van der Waals surface area contributed by atoms with Gasteiger partial charge in [0.1, 0.15) is 5.75 Å². The molecule has 130 valence electrons. The third kappa shape index (κ3) is 3.15. The van der Waals surface area contributed by atoms with E-state index in [2.05, 4.69) is 21.5 Å². The van der Waals surface area contributed by atoms with Crippen LogP contribution in [0.5, 0.6) is 5.75 Å². The maximum Gasteiger partial charge on any atom is 0.251 e. The molecule has 0 bridgehead atoms. The number of nitrogens with zero attached hydrogens (tertiary/aromatic N) is 2. The van der Waals surface area contributed by atoms with Crippen LogP contribution < -0.4 is 5.73 Å². The monoisotopic (exact) mass is 338 g/mol. The number of aromatic hydroxyl groups is 1. The molecule has 0 spiro atoms. The number of primary amides is 1. The van der Waals surface area contributed by atoms with E-state index in [4.69, 9.17) is 5.73 Å². The number of phenols is 1. The molecule has 0 aliphatic carbocycles. The van der Waals surface area contributed by atoms with Gasteiger partial charge in [-0.15, -0.1) is 0 Å². The first-order valence-corrected chi connectivity index (χ1v) is 8.31. The lowest BCUT2D eigenvalue weighted by Gasteiger charge is -2.11. The summed E-state index contributed by atoms with van der Waals surface area (Å²) in [5, 5.41) is 9.84. The van der Waals surface area contributed by atoms with Crippen molar-refractivity contribution in [3.05, 3.63) is 59.4 Å². The number of hydrogen-bond acceptors (Lipinski definition) is 3. The minimum Gasteiger partial charge on any atom is -0.508 e. The highest BCUT2D eigenvalue weighted by Gasteiger charge is 2.24. The number of benzene rings is 1. The predicted molar refractivity (Wildman–Crippen MR) is 96.5 cm³/mol. The molecule has 3 rings (SSSR count). The maximum absolute atomic E-state index is 12.1. The quantitative estimate of drug-likeness (QED) is 0.644. The van der Waals surface area contributed by atoms with Gasteiger partial charge in [-0.05, 0) is 31.0 Å². The van der Waals surface area contributed by atoms with Crippen molar-refractivity contribution in [3.63, 3.8) is 0 Å². The van der Waals surface area contributed by atoms with Gasteiger partial charge in [-0.2, -0.15) is 0 Å². The van der Waals surface area contributed by atoms with Gasteiger partial charge in [0.25, 0.3) is 5.91 Å². The van der Waals surface area contributed by atoms with Crippen LogP contribution in [0, 0.1) is 6.92 Å². The molecule has 0 fully saturated rings. The number of aromatic amines is 1. The molecule has 1 aromatic carbocycles. The molecule has 0 atom stereocenters. The Morgan fingerprint density at radius 3 is 2.80 bits per heavy atom. The Kier molecular flexibility index (Phi) is 4.61. The molecule has 25 heavy (non-hydrogen) atoms. The van der Waals surface area contributed by atoms with Crippen LogP contribution in [0.1, 0.15) is 34.4 Å². The van der Waals surface area contributed by atoms with Gasteiger partial charge in [0, 0.05) is 41.8 Å². The first kappa shape index (κ1) is 16.8. The topological polar surface area (TPSA) is 96.9 Å². The molecule has 6 nitrogen and oxygen atoms in total. The standard InChI is InChI=1S/C19H22N4O2/c1-3-16-18(13-5-4-6-15(24)9-13)17(19(20)25)12(2)23(16)8-7-14-10-21-11-22-14/h4-6,9-11,24H,3,7-8H2,1-2H3,(H2,20,25)(H,21,22). The molecule has 4 N–H and O–H groups in total. The smallest absolute Gasteiger partial charge is 0.251 e. The van der Waals surface area contributed by atoms with Crippen molar-refractivity contribution < 1.29 is 9.90 Å². The molecule has 0 unspecified atom stereocenters. The van der Waals surface area contributed by atoms with Crippen molar-refractivity contribution in [3.8, 4) is 16.9 Å². The molecular weight excluding hydrogens is 316 g/mol. The number of H-pyrrole nitrogens is 1. The molecule has 0 aliphatic rings. The summed E-state index contributed by atoms with van der Waals surface area (Å²) < 4.78 is 2.14. The van der Waals surface area contributed by atoms with Crippen molar-refractivity contribution in [2.75, 3.05) is 0 Å². The van der Waals surface area contributed by atoms with E-state index in [1.54, 1.807) is 30.7 Å². The van der Waals surface area contributed by atoms with Gasteiger partial charge in [-0.1, -0.05) is 19.1 Å². The summed E-state index contributed by atoms with van der Waals surface area (Å²) in [7, 11) is 0. The fourth-order valence-corrected chi connectivity index (χ4v) is 3.40. The van der Waals surface area contributed by atoms with E-state index in [0.717, 1.165) is 47.6 Å². The largest absolute Gasteiger partial charge is 0.508 e. The van der Waals surface area contributed by atoms with Crippen molar-refractivity contribution in [1.29, 1.82) is 0 Å². The number of aromatic nitrogens is 3. The number of carbonyl (C=O) groups excluding carboxylic acids is 1. The lowest BCUT2D eigenvalue weighted by Crippen LogP contribution is -2.14. The molecule has 0 saturated carbocycles. The summed E-state index contributed by atoms with van der Waals surface area (Å²) in [5.74, 6) is -0.288. The van der Waals surface area contributed by atoms with Crippen LogP contribution in [0.4, 0.5) is 0 Å². The van der Waals surface area contributed by atoms with Gasteiger partial charge in [0.15, 0.2) is 0 Å². The summed E-state index contributed by atoms with van der Waals surface area (Å²) in [6.45, 7) is 4.69. The van der Waals surface area contributed by atoms with Crippen LogP contribution >= 0.6 is 0 Å². The highest BCUT2D eigenvalue weighted by atomic mass is 16.3. The van der Waals surface area contributed by atoms with Crippen molar-refractivity contribution in [2.24, 2.45) is 5.73 Å². The number of aryl methyl sites for hydroxylation is 1. The van der Waals surface area contributed by atoms with Crippen molar-refractivity contribution in [1.82, 2.24) is 14.5 Å². The van der Waals surface area contributed by atoms with Gasteiger partial charge < -0.3 is 20.4 Å². The lowest BCUT2D eigenvalue weighted by molar-refractivity contribution is 0.1000. The van der Waals surface area contributed by atoms with E-state index in [-0.39, 0.29) is 5.75 Å². The number of rotatable bonds is 6. The third-order valence-corrected chi connectivity index (χ3v) is 4.51. The molecule has 0 aliphatic heterocycles. The highest BCUT2D eigenvalue weighted by Crippen LogP contribution is 2.34. The number of nitrogens with two attached hydrogens (primary N) is 1. The number of amides is 1. The van der Waals surface area contributed by atoms with E-state index in [1.165, 1.54) is 0 Å². The Labute approximate surface area is 146 Å². The summed E-state index contributed by atoms with van der Waals surface area (Å²) in [5.41, 5.74) is 10.7. The van der Waals surface area contributed by atoms with E-state index < -0.39 is 5.91 Å². The fourth-order valence-electron chi connectivity index (χ4n) is 3.40. The molecular formula is C19H22N4O2. The van der Waals surface area contributed by atoms with E-state index in [0.29, 0.717) is 5.56 Å². The van der Waals surface area contributed by atoms with Crippen LogP contribution in [0.3, 0.4) is 0 Å². The fraction of sp³-hybridized carbons (Fsp3) is 0.263. The van der Waals surface area contributed by atoms with Crippen LogP contribution in [0.15, 0.2) is 36.8 Å². The normalized spacial score (nSPS) is 11.0. The van der Waals surface area contributed by atoms with Crippen LogP contribution in [0.2, 0.25) is 0 Å². The Morgan fingerprint density at radius 2 is 2.20 bits per heavy atom. The first-order valence-electron chi connectivity index (χ1n) is 8.31. The second-order valence-electron chi connectivity index (χ2n) is 6.03. The zero-order chi connectivity index (χ0) is 18.0. The Hall–Kier alpha value is -3.02. The summed E-state index contributed by atoms with van der Waals surface area (Å²) >= 11 is 0. The van der Waals surface area contributed by atoms with Gasteiger partial charge in [-0.25, -0.2) is 4.98 Å². The van der Waals surface area contributed by atoms with E-state index in [1.807, 2.05) is 13.0 Å². The van der Waals surface area contributed by atoms with Gasteiger partial charge >= 0.3 is 0 Å². The minimum absolute atomic E-state index is 0.165. The zero-order valence-electron chi connectivity index (χ0n) is 14.4. The highest BCUT2D eigenvalue weighted by molar-refractivity contribution is 6.02. The zero-order valence-corrected chi connectivity index (χ0v) is 14.4. The average Bonchev–Trinajstić information content (AvgIpc) is 3.18. The van der Waals surface area contributed by atoms with Gasteiger partial charge in [0.05, 0.1) is 11.9 Å². The molecule has 0 radical (unpaired) electrons. The second kappa shape index (κ2) is 6.84. The number of imidazole rings is 1. The summed E-state index contributed by atoms with van der Waals surface area (Å²) in [4.78, 5) is 19.3. The second-order valence-corrected chi connectivity index (χ2v) is 6.03. The first-order chi connectivity index (χ1) is 12.0. The number of phenolic OH excluding ortho intramolecular Hbond substituents is 1. The molecule has 3 aromatic rings. The van der Waals surface area contributed by atoms with Crippen molar-refractivity contribution in [2.45, 2.75) is 33.2 Å². The molecule has 1 amide bonds. The minimum atomic E-state index is -0.453. The van der Waals surface area contributed by atoms with Crippen LogP contribution in [-0.4, -0.2) is 25.5 Å². The number of hydrogen-bond donors (Lipinski definition) is 3. The van der Waals surface area contributed by atoms with E-state index in [9.17, 15) is 9.90 Å². The Balaban J connectivity index is 2.12. The summed E-state index contributed by atoms with van der Waals surface area (Å²) in [6, 6.07) is 6.94. The molecule has 0 saturated heterocycles. The average molecular weight is 338 g/mol. The number of nitrogens with one attached hydrogen (secondary N) is 1. The van der Waals surface area contributed by atoms with Gasteiger partial charge in [-0.3, -0.25) is 4.79 Å². The van der Waals surface area contributed by atoms with E-state index >= 15 is 0 Å².